The first kappa shape index (κ1) is 15.4. The summed E-state index contributed by atoms with van der Waals surface area (Å²) in [5.74, 6) is 0.821. The van der Waals surface area contributed by atoms with E-state index in [2.05, 4.69) is 20.8 Å². The Labute approximate surface area is 127 Å². The number of rotatable bonds is 6. The Balaban J connectivity index is 1.73. The maximum absolute atomic E-state index is 13.0. The molecule has 0 radical (unpaired) electrons. The number of likely N-dealkylation sites (tertiary alicyclic amines) is 1. The van der Waals surface area contributed by atoms with E-state index < -0.39 is 6.17 Å². The van der Waals surface area contributed by atoms with E-state index in [4.69, 9.17) is 4.74 Å². The molecule has 1 heterocycles. The molecule has 1 aliphatic heterocycles. The van der Waals surface area contributed by atoms with Crippen molar-refractivity contribution < 1.29 is 13.9 Å². The van der Waals surface area contributed by atoms with Gasteiger partial charge in [0.2, 0.25) is 0 Å². The van der Waals surface area contributed by atoms with E-state index in [0.717, 1.165) is 25.4 Å². The molecule has 0 amide bonds. The van der Waals surface area contributed by atoms with Gasteiger partial charge in [-0.1, -0.05) is 15.9 Å². The highest BCUT2D eigenvalue weighted by atomic mass is 79.9. The summed E-state index contributed by atoms with van der Waals surface area (Å²) >= 11 is 3.15. The Morgan fingerprint density at radius 1 is 1.30 bits per heavy atom. The summed E-state index contributed by atoms with van der Waals surface area (Å²) in [4.78, 5) is 13.7. The predicted molar refractivity (Wildman–Crippen MR) is 80.6 cm³/mol. The van der Waals surface area contributed by atoms with Gasteiger partial charge in [0.15, 0.2) is 5.78 Å². The van der Waals surface area contributed by atoms with Crippen molar-refractivity contribution in [2.24, 2.45) is 0 Å². The van der Waals surface area contributed by atoms with Crippen LogP contribution in [0.4, 0.5) is 4.39 Å². The Hall–Kier alpha value is -0.940. The molecule has 1 aromatic rings. The van der Waals surface area contributed by atoms with E-state index in [-0.39, 0.29) is 5.78 Å². The van der Waals surface area contributed by atoms with Crippen molar-refractivity contribution in [1.82, 2.24) is 4.90 Å². The monoisotopic (exact) mass is 343 g/mol. The molecule has 1 aliphatic rings. The van der Waals surface area contributed by atoms with Crippen molar-refractivity contribution in [3.63, 3.8) is 0 Å². The molecule has 1 saturated heterocycles. The number of Topliss-reactive ketones (excluding diaryl/α,β-unsaturated/α-hetero) is 1. The van der Waals surface area contributed by atoms with E-state index in [9.17, 15) is 9.18 Å². The van der Waals surface area contributed by atoms with E-state index in [1.54, 1.807) is 12.1 Å². The van der Waals surface area contributed by atoms with Crippen LogP contribution in [0.5, 0.6) is 5.75 Å². The van der Waals surface area contributed by atoms with Gasteiger partial charge < -0.3 is 4.74 Å². The number of hydrogen-bond acceptors (Lipinski definition) is 3. The molecule has 20 heavy (non-hydrogen) atoms. The Kier molecular flexibility index (Phi) is 5.98. The van der Waals surface area contributed by atoms with Gasteiger partial charge in [-0.15, -0.1) is 0 Å². The highest BCUT2D eigenvalue weighted by molar-refractivity contribution is 9.09. The van der Waals surface area contributed by atoms with Gasteiger partial charge in [0.05, 0.1) is 5.33 Å². The summed E-state index contributed by atoms with van der Waals surface area (Å²) in [6.07, 6.45) is 0.624. The topological polar surface area (TPSA) is 29.5 Å². The third kappa shape index (κ3) is 4.56. The first-order valence-corrected chi connectivity index (χ1v) is 7.99. The maximum atomic E-state index is 13.0. The number of nitrogens with zero attached hydrogens (tertiary/aromatic N) is 1. The van der Waals surface area contributed by atoms with E-state index in [1.165, 1.54) is 0 Å². The largest absolute Gasteiger partial charge is 0.492 e. The standard InChI is InChI=1S/C15H19BrFNO2/c16-11-15(19)12-1-3-14(4-2-12)20-10-9-18-7-5-13(17)6-8-18/h1-4,13H,5-11H2. The molecule has 110 valence electrons. The van der Waals surface area contributed by atoms with Crippen LogP contribution in [0.3, 0.4) is 0 Å². The second-order valence-corrected chi connectivity index (χ2v) is 5.51. The molecular formula is C15H19BrFNO2. The zero-order valence-corrected chi connectivity index (χ0v) is 12.9. The van der Waals surface area contributed by atoms with Crippen LogP contribution >= 0.6 is 15.9 Å². The van der Waals surface area contributed by atoms with Crippen LogP contribution in [0, 0.1) is 0 Å². The number of carbonyl (C=O) groups excluding carboxylic acids is 1. The minimum atomic E-state index is -0.633. The molecule has 1 fully saturated rings. The molecule has 0 bridgehead atoms. The van der Waals surface area contributed by atoms with Crippen LogP contribution in [0.1, 0.15) is 23.2 Å². The summed E-state index contributed by atoms with van der Waals surface area (Å²) in [5.41, 5.74) is 0.680. The first-order valence-electron chi connectivity index (χ1n) is 6.87. The van der Waals surface area contributed by atoms with Crippen molar-refractivity contribution in [3.05, 3.63) is 29.8 Å². The molecule has 0 aliphatic carbocycles. The molecule has 0 N–H and O–H groups in total. The summed E-state index contributed by atoms with van der Waals surface area (Å²) in [7, 11) is 0. The third-order valence-corrected chi connectivity index (χ3v) is 4.00. The van der Waals surface area contributed by atoms with E-state index >= 15 is 0 Å². The Morgan fingerprint density at radius 2 is 1.95 bits per heavy atom. The van der Waals surface area contributed by atoms with Crippen molar-refractivity contribution in [3.8, 4) is 5.75 Å². The fraction of sp³-hybridized carbons (Fsp3) is 0.533. The maximum Gasteiger partial charge on any atom is 0.173 e. The number of alkyl halides is 2. The summed E-state index contributed by atoms with van der Waals surface area (Å²) in [6.45, 7) is 3.02. The van der Waals surface area contributed by atoms with Gasteiger partial charge in [-0.2, -0.15) is 0 Å². The lowest BCUT2D eigenvalue weighted by Crippen LogP contribution is -2.37. The molecule has 5 heteroatoms. The highest BCUT2D eigenvalue weighted by Gasteiger charge is 2.17. The molecule has 0 aromatic heterocycles. The minimum Gasteiger partial charge on any atom is -0.492 e. The van der Waals surface area contributed by atoms with Crippen LogP contribution in [-0.2, 0) is 0 Å². The lowest BCUT2D eigenvalue weighted by molar-refractivity contribution is 0.102. The predicted octanol–water partition coefficient (Wildman–Crippen LogP) is 3.08. The molecular weight excluding hydrogens is 325 g/mol. The number of benzene rings is 1. The molecule has 1 aromatic carbocycles. The number of piperidine rings is 1. The number of ether oxygens (including phenoxy) is 1. The Bertz CT molecular complexity index is 430. The van der Waals surface area contributed by atoms with Crippen LogP contribution in [-0.4, -0.2) is 48.4 Å². The van der Waals surface area contributed by atoms with Crippen molar-refractivity contribution in [2.75, 3.05) is 31.6 Å². The van der Waals surface area contributed by atoms with Gasteiger partial charge in [0.1, 0.15) is 18.5 Å². The quantitative estimate of drug-likeness (QED) is 0.587. The zero-order valence-electron chi connectivity index (χ0n) is 11.4. The average molecular weight is 344 g/mol. The van der Waals surface area contributed by atoms with Crippen molar-refractivity contribution >= 4 is 21.7 Å². The van der Waals surface area contributed by atoms with Gasteiger partial charge in [-0.05, 0) is 37.1 Å². The highest BCUT2D eigenvalue weighted by Crippen LogP contribution is 2.15. The second-order valence-electron chi connectivity index (χ2n) is 4.95. The van der Waals surface area contributed by atoms with Crippen LogP contribution in [0.25, 0.3) is 0 Å². The molecule has 2 rings (SSSR count). The molecule has 0 spiro atoms. The van der Waals surface area contributed by atoms with Gasteiger partial charge >= 0.3 is 0 Å². The smallest absolute Gasteiger partial charge is 0.173 e. The fourth-order valence-corrected chi connectivity index (χ4v) is 2.56. The van der Waals surface area contributed by atoms with Crippen LogP contribution in [0.2, 0.25) is 0 Å². The lowest BCUT2D eigenvalue weighted by Gasteiger charge is -2.28. The van der Waals surface area contributed by atoms with E-state index in [0.29, 0.717) is 30.3 Å². The fourth-order valence-electron chi connectivity index (χ4n) is 2.23. The summed E-state index contributed by atoms with van der Waals surface area (Å²) in [6, 6.07) is 7.16. The minimum absolute atomic E-state index is 0.0608. The van der Waals surface area contributed by atoms with Crippen molar-refractivity contribution in [2.45, 2.75) is 19.0 Å². The Morgan fingerprint density at radius 3 is 2.55 bits per heavy atom. The summed E-state index contributed by atoms with van der Waals surface area (Å²) in [5, 5.41) is 0.331. The average Bonchev–Trinajstić information content (AvgIpc) is 2.49. The van der Waals surface area contributed by atoms with Gasteiger partial charge in [0.25, 0.3) is 0 Å². The number of hydrogen-bond donors (Lipinski definition) is 0. The van der Waals surface area contributed by atoms with Crippen LogP contribution < -0.4 is 4.74 Å². The van der Waals surface area contributed by atoms with Crippen LogP contribution in [0.15, 0.2) is 24.3 Å². The SMILES string of the molecule is O=C(CBr)c1ccc(OCCN2CCC(F)CC2)cc1. The number of carbonyl (C=O) groups is 1. The molecule has 0 atom stereocenters. The third-order valence-electron chi connectivity index (χ3n) is 3.49. The normalized spacial score (nSPS) is 17.1. The lowest BCUT2D eigenvalue weighted by atomic mass is 10.1. The molecule has 0 saturated carbocycles. The van der Waals surface area contributed by atoms with Crippen molar-refractivity contribution in [1.29, 1.82) is 0 Å². The zero-order chi connectivity index (χ0) is 14.4. The molecule has 3 nitrogen and oxygen atoms in total. The number of halogens is 2. The van der Waals surface area contributed by atoms with E-state index in [1.807, 2.05) is 12.1 Å². The van der Waals surface area contributed by atoms with Gasteiger partial charge in [-0.3, -0.25) is 9.69 Å². The number of ketones is 1. The van der Waals surface area contributed by atoms with Gasteiger partial charge in [0, 0.05) is 25.2 Å². The van der Waals surface area contributed by atoms with Gasteiger partial charge in [-0.25, -0.2) is 4.39 Å². The first-order chi connectivity index (χ1) is 9.69. The summed E-state index contributed by atoms with van der Waals surface area (Å²) < 4.78 is 18.6. The molecule has 0 unspecified atom stereocenters. The second kappa shape index (κ2) is 7.74.